The van der Waals surface area contributed by atoms with Crippen molar-refractivity contribution >= 4 is 23.3 Å². The molecule has 0 aromatic heterocycles. The van der Waals surface area contributed by atoms with Gasteiger partial charge in [0.15, 0.2) is 24.0 Å². The van der Waals surface area contributed by atoms with Crippen molar-refractivity contribution in [3.05, 3.63) is 101 Å². The number of ether oxygens (including phenoxy) is 1. The minimum atomic E-state index is -1.12. The molecule has 5 nitrogen and oxygen atoms in total. The number of anilines is 1. The highest BCUT2D eigenvalue weighted by Crippen LogP contribution is 2.17. The molecule has 0 saturated heterocycles. The number of benzene rings is 3. The summed E-state index contributed by atoms with van der Waals surface area (Å²) in [7, 11) is 0. The SMILES string of the molecule is Cc1ccc(C(=O)c2ccccc2C(=O)OCC(=O)Nc2ccc(F)c(F)c2)cc1. The first-order valence-electron chi connectivity index (χ1n) is 8.97. The van der Waals surface area contributed by atoms with Crippen molar-refractivity contribution < 1.29 is 27.9 Å². The number of hydrogen-bond acceptors (Lipinski definition) is 4. The Morgan fingerprint density at radius 2 is 1.53 bits per heavy atom. The number of ketones is 1. The van der Waals surface area contributed by atoms with Crippen LogP contribution in [0.4, 0.5) is 14.5 Å². The zero-order chi connectivity index (χ0) is 21.7. The predicted molar refractivity (Wildman–Crippen MR) is 106 cm³/mol. The third kappa shape index (κ3) is 4.94. The van der Waals surface area contributed by atoms with Crippen LogP contribution in [0.5, 0.6) is 0 Å². The minimum Gasteiger partial charge on any atom is -0.452 e. The highest BCUT2D eigenvalue weighted by atomic mass is 19.2. The maximum absolute atomic E-state index is 13.2. The summed E-state index contributed by atoms with van der Waals surface area (Å²) in [6, 6.07) is 15.9. The first-order chi connectivity index (χ1) is 14.3. The lowest BCUT2D eigenvalue weighted by Crippen LogP contribution is -2.22. The molecular weight excluding hydrogens is 392 g/mol. The normalized spacial score (nSPS) is 10.4. The average Bonchev–Trinajstić information content (AvgIpc) is 2.74. The van der Waals surface area contributed by atoms with Crippen LogP contribution in [0.3, 0.4) is 0 Å². The number of aryl methyl sites for hydroxylation is 1. The Morgan fingerprint density at radius 3 is 2.20 bits per heavy atom. The lowest BCUT2D eigenvalue weighted by atomic mass is 9.98. The van der Waals surface area contributed by atoms with Gasteiger partial charge in [0.2, 0.25) is 0 Å². The maximum atomic E-state index is 13.2. The summed E-state index contributed by atoms with van der Waals surface area (Å²) in [4.78, 5) is 37.2. The number of esters is 1. The molecule has 0 radical (unpaired) electrons. The molecule has 0 aliphatic rings. The van der Waals surface area contributed by atoms with E-state index in [1.807, 2.05) is 6.92 Å². The molecule has 3 aromatic rings. The number of rotatable bonds is 6. The van der Waals surface area contributed by atoms with Crippen LogP contribution in [-0.2, 0) is 9.53 Å². The topological polar surface area (TPSA) is 72.5 Å². The van der Waals surface area contributed by atoms with Crippen LogP contribution in [0.25, 0.3) is 0 Å². The van der Waals surface area contributed by atoms with E-state index in [1.165, 1.54) is 18.2 Å². The zero-order valence-electron chi connectivity index (χ0n) is 15.9. The Hall–Kier alpha value is -3.87. The molecule has 0 aliphatic heterocycles. The second kappa shape index (κ2) is 9.09. The molecule has 1 amide bonds. The summed E-state index contributed by atoms with van der Waals surface area (Å²) in [5.74, 6) is -4.11. The Balaban J connectivity index is 1.68. The van der Waals surface area contributed by atoms with Gasteiger partial charge in [-0.3, -0.25) is 9.59 Å². The fourth-order valence-corrected chi connectivity index (χ4v) is 2.70. The molecule has 1 N–H and O–H groups in total. The second-order valence-electron chi connectivity index (χ2n) is 6.49. The van der Waals surface area contributed by atoms with Crippen molar-refractivity contribution in [1.29, 1.82) is 0 Å². The van der Waals surface area contributed by atoms with Crippen LogP contribution in [0.1, 0.15) is 31.8 Å². The van der Waals surface area contributed by atoms with Gasteiger partial charge in [0.05, 0.1) is 5.56 Å². The molecule has 0 saturated carbocycles. The summed E-state index contributed by atoms with van der Waals surface area (Å²) >= 11 is 0. The van der Waals surface area contributed by atoms with E-state index in [2.05, 4.69) is 5.32 Å². The fourth-order valence-electron chi connectivity index (χ4n) is 2.70. The standard InChI is InChI=1S/C23H17F2NO4/c1-14-6-8-15(9-7-14)22(28)17-4-2-3-5-18(17)23(29)30-13-21(27)26-16-10-11-19(24)20(25)12-16/h2-12H,13H2,1H3,(H,26,27). The van der Waals surface area contributed by atoms with E-state index < -0.39 is 30.1 Å². The first-order valence-corrected chi connectivity index (χ1v) is 8.97. The van der Waals surface area contributed by atoms with E-state index in [-0.39, 0.29) is 22.6 Å². The van der Waals surface area contributed by atoms with E-state index in [4.69, 9.17) is 4.74 Å². The molecule has 0 fully saturated rings. The molecule has 0 heterocycles. The third-order valence-electron chi connectivity index (χ3n) is 4.24. The van der Waals surface area contributed by atoms with Gasteiger partial charge < -0.3 is 10.1 Å². The summed E-state index contributed by atoms with van der Waals surface area (Å²) in [6.45, 7) is 1.23. The average molecular weight is 409 g/mol. The van der Waals surface area contributed by atoms with Gasteiger partial charge in [0.1, 0.15) is 0 Å². The van der Waals surface area contributed by atoms with Crippen LogP contribution in [0.2, 0.25) is 0 Å². The second-order valence-corrected chi connectivity index (χ2v) is 6.49. The van der Waals surface area contributed by atoms with Crippen LogP contribution >= 0.6 is 0 Å². The Bertz CT molecular complexity index is 1110. The monoisotopic (exact) mass is 409 g/mol. The van der Waals surface area contributed by atoms with Gasteiger partial charge in [-0.1, -0.05) is 48.0 Å². The summed E-state index contributed by atoms with van der Waals surface area (Å²) in [5, 5.41) is 2.30. The Labute approximate surface area is 171 Å². The van der Waals surface area contributed by atoms with Crippen molar-refractivity contribution in [1.82, 2.24) is 0 Å². The molecule has 3 rings (SSSR count). The smallest absolute Gasteiger partial charge is 0.339 e. The minimum absolute atomic E-state index is 0.0173. The molecule has 3 aromatic carbocycles. The maximum Gasteiger partial charge on any atom is 0.339 e. The fraction of sp³-hybridized carbons (Fsp3) is 0.0870. The van der Waals surface area contributed by atoms with Gasteiger partial charge in [0.25, 0.3) is 5.91 Å². The molecule has 30 heavy (non-hydrogen) atoms. The zero-order valence-corrected chi connectivity index (χ0v) is 15.9. The van der Waals surface area contributed by atoms with Gasteiger partial charge in [-0.15, -0.1) is 0 Å². The molecule has 0 aliphatic carbocycles. The van der Waals surface area contributed by atoms with Crippen molar-refractivity contribution in [2.45, 2.75) is 6.92 Å². The molecular formula is C23H17F2NO4. The molecule has 7 heteroatoms. The van der Waals surface area contributed by atoms with Crippen LogP contribution < -0.4 is 5.32 Å². The molecule has 0 spiro atoms. The quantitative estimate of drug-likeness (QED) is 0.487. The number of halogens is 2. The highest BCUT2D eigenvalue weighted by molar-refractivity contribution is 6.14. The largest absolute Gasteiger partial charge is 0.452 e. The van der Waals surface area contributed by atoms with E-state index in [0.717, 1.165) is 17.7 Å². The number of carbonyl (C=O) groups is 3. The van der Waals surface area contributed by atoms with Crippen molar-refractivity contribution in [3.63, 3.8) is 0 Å². The number of amides is 1. The lowest BCUT2D eigenvalue weighted by molar-refractivity contribution is -0.119. The predicted octanol–water partition coefficient (Wildman–Crippen LogP) is 4.30. The summed E-state index contributed by atoms with van der Waals surface area (Å²) < 4.78 is 31.1. The van der Waals surface area contributed by atoms with Gasteiger partial charge in [-0.05, 0) is 25.1 Å². The molecule has 0 atom stereocenters. The van der Waals surface area contributed by atoms with E-state index in [0.29, 0.717) is 5.56 Å². The van der Waals surface area contributed by atoms with Gasteiger partial charge in [-0.2, -0.15) is 0 Å². The first kappa shape index (κ1) is 20.9. The van der Waals surface area contributed by atoms with Gasteiger partial charge >= 0.3 is 5.97 Å². The van der Waals surface area contributed by atoms with E-state index >= 15 is 0 Å². The number of carbonyl (C=O) groups excluding carboxylic acids is 3. The highest BCUT2D eigenvalue weighted by Gasteiger charge is 2.20. The van der Waals surface area contributed by atoms with E-state index in [9.17, 15) is 23.2 Å². The number of hydrogen-bond donors (Lipinski definition) is 1. The van der Waals surface area contributed by atoms with Crippen molar-refractivity contribution in [2.24, 2.45) is 0 Å². The molecule has 0 unspecified atom stereocenters. The molecule has 152 valence electrons. The Morgan fingerprint density at radius 1 is 0.867 bits per heavy atom. The van der Waals surface area contributed by atoms with Crippen molar-refractivity contribution in [3.8, 4) is 0 Å². The lowest BCUT2D eigenvalue weighted by Gasteiger charge is -2.10. The summed E-state index contributed by atoms with van der Waals surface area (Å²) in [6.07, 6.45) is 0. The van der Waals surface area contributed by atoms with Crippen LogP contribution in [0, 0.1) is 18.6 Å². The van der Waals surface area contributed by atoms with E-state index in [1.54, 1.807) is 36.4 Å². The van der Waals surface area contributed by atoms with Crippen LogP contribution in [-0.4, -0.2) is 24.3 Å². The molecule has 0 bridgehead atoms. The Kier molecular flexibility index (Phi) is 6.32. The summed E-state index contributed by atoms with van der Waals surface area (Å²) in [5.41, 5.74) is 1.59. The number of nitrogens with one attached hydrogen (secondary N) is 1. The van der Waals surface area contributed by atoms with Crippen molar-refractivity contribution in [2.75, 3.05) is 11.9 Å². The van der Waals surface area contributed by atoms with Crippen LogP contribution in [0.15, 0.2) is 66.7 Å². The van der Waals surface area contributed by atoms with Gasteiger partial charge in [0, 0.05) is 22.9 Å². The van der Waals surface area contributed by atoms with Gasteiger partial charge in [-0.25, -0.2) is 13.6 Å². The third-order valence-corrected chi connectivity index (χ3v) is 4.24.